The van der Waals surface area contributed by atoms with Crippen molar-refractivity contribution in [3.8, 4) is 0 Å². The van der Waals surface area contributed by atoms with Crippen LogP contribution < -0.4 is 0 Å². The van der Waals surface area contributed by atoms with Gasteiger partial charge in [0, 0.05) is 6.20 Å². The van der Waals surface area contributed by atoms with Gasteiger partial charge >= 0.3 is 6.16 Å². The van der Waals surface area contributed by atoms with E-state index < -0.39 is 6.16 Å². The van der Waals surface area contributed by atoms with Gasteiger partial charge < -0.3 is 9.94 Å². The molecule has 1 aliphatic rings. The van der Waals surface area contributed by atoms with E-state index in [1.165, 1.54) is 16.8 Å². The van der Waals surface area contributed by atoms with Gasteiger partial charge in [0.1, 0.15) is 5.88 Å². The van der Waals surface area contributed by atoms with Crippen LogP contribution in [0.1, 0.15) is 0 Å². The molecule has 9 heavy (non-hydrogen) atoms. The van der Waals surface area contributed by atoms with Crippen molar-refractivity contribution in [2.75, 3.05) is 5.88 Å². The second kappa shape index (κ2) is 2.63. The van der Waals surface area contributed by atoms with Gasteiger partial charge in [-0.25, -0.2) is 4.79 Å². The first-order valence-corrected chi connectivity index (χ1v) is 3.30. The van der Waals surface area contributed by atoms with Crippen molar-refractivity contribution >= 4 is 17.9 Å². The van der Waals surface area contributed by atoms with E-state index in [1.807, 2.05) is 0 Å². The summed E-state index contributed by atoms with van der Waals surface area (Å²) in [5.41, 5.74) is 0. The third-order valence-corrected chi connectivity index (χ3v) is 1.44. The molecule has 0 atom stereocenters. The molecule has 0 aromatic rings. The zero-order valence-corrected chi connectivity index (χ0v) is 5.30. The number of hydrogen-bond donors (Lipinski definition) is 1. The van der Waals surface area contributed by atoms with Crippen molar-refractivity contribution < 1.29 is 14.7 Å². The highest BCUT2D eigenvalue weighted by Gasteiger charge is 2.08. The Kier molecular flexibility index (Phi) is 1.84. The summed E-state index contributed by atoms with van der Waals surface area (Å²) >= 11 is 1.48. The summed E-state index contributed by atoms with van der Waals surface area (Å²) in [4.78, 5) is 14.1. The second-order valence-electron chi connectivity index (χ2n) is 1.36. The minimum Gasteiger partial charge on any atom is -0.448 e. The minimum atomic E-state index is -1.28. The van der Waals surface area contributed by atoms with Crippen LogP contribution in [0.25, 0.3) is 0 Å². The molecule has 0 bridgehead atoms. The summed E-state index contributed by atoms with van der Waals surface area (Å²) in [6, 6.07) is 0. The summed E-state index contributed by atoms with van der Waals surface area (Å²) in [5, 5.41) is 11.1. The first-order chi connectivity index (χ1) is 4.29. The maximum absolute atomic E-state index is 9.85. The molecule has 0 spiro atoms. The van der Waals surface area contributed by atoms with E-state index in [9.17, 15) is 4.79 Å². The van der Waals surface area contributed by atoms with Crippen LogP contribution in [0.4, 0.5) is 4.79 Å². The van der Waals surface area contributed by atoms with Gasteiger partial charge in [-0.1, -0.05) is 0 Å². The van der Waals surface area contributed by atoms with Gasteiger partial charge in [0.15, 0.2) is 0 Å². The highest BCUT2D eigenvalue weighted by molar-refractivity contribution is 8.02. The molecule has 0 fully saturated rings. The zero-order valence-electron chi connectivity index (χ0n) is 4.48. The highest BCUT2D eigenvalue weighted by Crippen LogP contribution is 2.14. The van der Waals surface area contributed by atoms with Crippen LogP contribution in [-0.2, 0) is 4.84 Å². The molecule has 1 rings (SSSR count). The number of nitrogens with zero attached hydrogens (tertiary/aromatic N) is 1. The van der Waals surface area contributed by atoms with Crippen LogP contribution in [-0.4, -0.2) is 22.2 Å². The molecule has 5 heteroatoms. The zero-order chi connectivity index (χ0) is 6.69. The summed E-state index contributed by atoms with van der Waals surface area (Å²) in [7, 11) is 0. The van der Waals surface area contributed by atoms with Crippen molar-refractivity contribution in [3.05, 3.63) is 11.6 Å². The van der Waals surface area contributed by atoms with Crippen LogP contribution in [0.2, 0.25) is 0 Å². The largest absolute Gasteiger partial charge is 0.530 e. The first kappa shape index (κ1) is 6.28. The lowest BCUT2D eigenvalue weighted by molar-refractivity contribution is -0.0655. The Morgan fingerprint density at radius 1 is 1.89 bits per heavy atom. The van der Waals surface area contributed by atoms with Crippen LogP contribution in [0.3, 0.4) is 0 Å². The number of hydroxylamine groups is 2. The fourth-order valence-corrected chi connectivity index (χ4v) is 1.02. The Morgan fingerprint density at radius 2 is 2.67 bits per heavy atom. The number of hydrogen-bond acceptors (Lipinski definition) is 4. The standard InChI is InChI=1S/C4H5NO3S/c6-4(7)8-5-1-2-9-3-5/h1-2H,3H2,(H,6,7). The predicted molar refractivity (Wildman–Crippen MR) is 32.5 cm³/mol. The second-order valence-corrected chi connectivity index (χ2v) is 2.22. The third kappa shape index (κ3) is 1.85. The maximum atomic E-state index is 9.85. The summed E-state index contributed by atoms with van der Waals surface area (Å²) in [6.07, 6.45) is 0.292. The molecule has 1 aliphatic heterocycles. The number of carboxylic acid groups (broad SMARTS) is 1. The van der Waals surface area contributed by atoms with Crippen molar-refractivity contribution in [2.45, 2.75) is 0 Å². The molecule has 0 unspecified atom stereocenters. The molecule has 0 radical (unpaired) electrons. The van der Waals surface area contributed by atoms with E-state index in [0.29, 0.717) is 5.88 Å². The Balaban J connectivity index is 2.28. The molecular formula is C4H5NO3S. The van der Waals surface area contributed by atoms with Crippen molar-refractivity contribution in [1.82, 2.24) is 5.06 Å². The average molecular weight is 147 g/mol. The maximum Gasteiger partial charge on any atom is 0.530 e. The lowest BCUT2D eigenvalue weighted by atomic mass is 11.0. The van der Waals surface area contributed by atoms with Crippen LogP contribution in [0, 0.1) is 0 Å². The van der Waals surface area contributed by atoms with Gasteiger partial charge in [-0.15, -0.1) is 11.8 Å². The molecule has 0 aromatic heterocycles. The number of rotatable bonds is 1. The quantitative estimate of drug-likeness (QED) is 0.601. The van der Waals surface area contributed by atoms with E-state index in [-0.39, 0.29) is 0 Å². The molecule has 1 heterocycles. The van der Waals surface area contributed by atoms with Gasteiger partial charge in [0.25, 0.3) is 0 Å². The Hall–Kier alpha value is -0.840. The van der Waals surface area contributed by atoms with Gasteiger partial charge in [-0.3, -0.25) is 0 Å². The molecule has 0 saturated carbocycles. The number of thioether (sulfide) groups is 1. The van der Waals surface area contributed by atoms with E-state index in [4.69, 9.17) is 5.11 Å². The van der Waals surface area contributed by atoms with E-state index >= 15 is 0 Å². The van der Waals surface area contributed by atoms with Gasteiger partial charge in [-0.05, 0) is 5.41 Å². The van der Waals surface area contributed by atoms with Gasteiger partial charge in [-0.2, -0.15) is 5.06 Å². The molecule has 0 aromatic carbocycles. The molecule has 1 N–H and O–H groups in total. The molecule has 50 valence electrons. The van der Waals surface area contributed by atoms with E-state index in [2.05, 4.69) is 4.84 Å². The Labute approximate surface area is 56.0 Å². The molecule has 4 nitrogen and oxygen atoms in total. The molecular weight excluding hydrogens is 142 g/mol. The third-order valence-electron chi connectivity index (χ3n) is 0.720. The highest BCUT2D eigenvalue weighted by atomic mass is 32.2. The number of carbonyl (C=O) groups is 1. The normalized spacial score (nSPS) is 16.2. The smallest absolute Gasteiger partial charge is 0.448 e. The molecule has 0 amide bonds. The monoisotopic (exact) mass is 147 g/mol. The SMILES string of the molecule is O=C(O)ON1C=CSC1. The van der Waals surface area contributed by atoms with E-state index in [1.54, 1.807) is 11.6 Å². The lowest BCUT2D eigenvalue weighted by Crippen LogP contribution is -2.17. The topological polar surface area (TPSA) is 49.8 Å². The molecule has 0 saturated heterocycles. The summed E-state index contributed by atoms with van der Waals surface area (Å²) in [5.74, 6) is 0.548. The lowest BCUT2D eigenvalue weighted by Gasteiger charge is -2.09. The average Bonchev–Trinajstić information content (AvgIpc) is 2.15. The fourth-order valence-electron chi connectivity index (χ4n) is 0.428. The van der Waals surface area contributed by atoms with Crippen molar-refractivity contribution in [3.63, 3.8) is 0 Å². The summed E-state index contributed by atoms with van der Waals surface area (Å²) in [6.45, 7) is 0. The predicted octanol–water partition coefficient (Wildman–Crippen LogP) is 1.07. The van der Waals surface area contributed by atoms with Crippen molar-refractivity contribution in [1.29, 1.82) is 0 Å². The van der Waals surface area contributed by atoms with Gasteiger partial charge in [0.2, 0.25) is 0 Å². The van der Waals surface area contributed by atoms with Gasteiger partial charge in [0.05, 0.1) is 0 Å². The first-order valence-electron chi connectivity index (χ1n) is 2.25. The van der Waals surface area contributed by atoms with Crippen LogP contribution >= 0.6 is 11.8 Å². The minimum absolute atomic E-state index is 0.548. The van der Waals surface area contributed by atoms with Crippen LogP contribution in [0.15, 0.2) is 11.6 Å². The van der Waals surface area contributed by atoms with E-state index in [0.717, 1.165) is 0 Å². The Bertz CT molecular complexity index is 147. The molecule has 0 aliphatic carbocycles. The fraction of sp³-hybridized carbons (Fsp3) is 0.250. The van der Waals surface area contributed by atoms with Crippen LogP contribution in [0.5, 0.6) is 0 Å². The Morgan fingerprint density at radius 3 is 3.11 bits per heavy atom. The van der Waals surface area contributed by atoms with Crippen molar-refractivity contribution in [2.24, 2.45) is 0 Å². The summed E-state index contributed by atoms with van der Waals surface area (Å²) < 4.78 is 0.